The Bertz CT molecular complexity index is 2720. The van der Waals surface area contributed by atoms with Crippen molar-refractivity contribution in [2.75, 3.05) is 0 Å². The fourth-order valence-electron chi connectivity index (χ4n) is 6.75. The van der Waals surface area contributed by atoms with Crippen LogP contribution in [0.3, 0.4) is 0 Å². The van der Waals surface area contributed by atoms with Crippen molar-refractivity contribution in [3.05, 3.63) is 214 Å². The van der Waals surface area contributed by atoms with Crippen LogP contribution in [-0.2, 0) is 10.8 Å². The first-order chi connectivity index (χ1) is 28.4. The van der Waals surface area contributed by atoms with Crippen LogP contribution in [0.4, 0.5) is 11.4 Å². The molecule has 0 bridgehead atoms. The van der Waals surface area contributed by atoms with Gasteiger partial charge in [0.1, 0.15) is 46.0 Å². The van der Waals surface area contributed by atoms with Crippen molar-refractivity contribution in [1.82, 2.24) is 0 Å². The van der Waals surface area contributed by atoms with E-state index >= 15 is 0 Å². The Morgan fingerprint density at radius 3 is 1.03 bits per heavy atom. The number of hydrogen-bond acceptors (Lipinski definition) is 5. The lowest BCUT2D eigenvalue weighted by atomic mass is 9.78. The van der Waals surface area contributed by atoms with Crippen LogP contribution in [0.1, 0.15) is 61.1 Å². The van der Waals surface area contributed by atoms with Gasteiger partial charge in [0.2, 0.25) is 0 Å². The van der Waals surface area contributed by atoms with E-state index < -0.39 is 0 Å². The van der Waals surface area contributed by atoms with Gasteiger partial charge in [0, 0.05) is 10.8 Å². The molecule has 7 nitrogen and oxygen atoms in total. The Morgan fingerprint density at radius 2 is 0.695 bits per heavy atom. The number of aryl methyl sites for hydroxylation is 1. The molecule has 0 spiro atoms. The minimum absolute atomic E-state index is 0.259. The smallest absolute Gasteiger partial charge is 0.198 e. The lowest BCUT2D eigenvalue weighted by Gasteiger charge is -2.26. The van der Waals surface area contributed by atoms with Crippen LogP contribution in [0.15, 0.2) is 158 Å². The van der Waals surface area contributed by atoms with E-state index in [0.29, 0.717) is 45.7 Å². The zero-order valence-electron chi connectivity index (χ0n) is 33.5. The van der Waals surface area contributed by atoms with Gasteiger partial charge in [-0.05, 0) is 132 Å². The second-order valence-corrected chi connectivity index (χ2v) is 15.2. The molecule has 0 aliphatic carbocycles. The van der Waals surface area contributed by atoms with E-state index in [1.807, 2.05) is 104 Å². The lowest BCUT2D eigenvalue weighted by molar-refractivity contribution is 0.468. The molecular weight excluding hydrogens is 731 g/mol. The van der Waals surface area contributed by atoms with E-state index in [1.165, 1.54) is 0 Å². The van der Waals surface area contributed by atoms with Gasteiger partial charge in [-0.15, -0.1) is 0 Å². The highest BCUT2D eigenvalue weighted by atomic mass is 16.5. The fraction of sp³-hybridized carbons (Fsp3) is 0.135. The standard InChI is InChI=1S/C52H41N3O4/c1-35-8-17-47(32-36(35)34-53)58-43-22-13-39(14-23-43)51(2,3)37-9-18-41(19-10-37)56-45-26-28-46(29-27-45)57-42-20-11-38(12-21-42)52(4,5)40-15-24-44(25-16-40)59-48-30-31-49(54-6)50(33-48)55-7/h8-33H,1-5H3. The quantitative estimate of drug-likeness (QED) is 0.116. The summed E-state index contributed by atoms with van der Waals surface area (Å²) in [6, 6.07) is 52.5. The summed E-state index contributed by atoms with van der Waals surface area (Å²) in [7, 11) is 0. The monoisotopic (exact) mass is 771 g/mol. The molecule has 0 fully saturated rings. The van der Waals surface area contributed by atoms with Gasteiger partial charge < -0.3 is 18.9 Å². The predicted octanol–water partition coefficient (Wildman–Crippen LogP) is 14.8. The van der Waals surface area contributed by atoms with E-state index in [4.69, 9.17) is 32.1 Å². The molecule has 7 heteroatoms. The molecule has 0 heterocycles. The van der Waals surface area contributed by atoms with Gasteiger partial charge in [-0.25, -0.2) is 4.85 Å². The molecule has 7 rings (SSSR count). The maximum Gasteiger partial charge on any atom is 0.198 e. The van der Waals surface area contributed by atoms with Crippen LogP contribution < -0.4 is 18.9 Å². The molecule has 59 heavy (non-hydrogen) atoms. The molecule has 7 aromatic rings. The Kier molecular flexibility index (Phi) is 11.2. The molecule has 0 unspecified atom stereocenters. The SMILES string of the molecule is [C-]#[N+]c1ccc(Oc2ccc(C(C)(C)c3ccc(Oc4ccc(Oc5ccc(C(C)(C)c6ccc(Oc7ccc(C)c(C#N)c7)cc6)cc5)cc4)cc3)cc2)cc1[N+]#[C-]. The highest BCUT2D eigenvalue weighted by Crippen LogP contribution is 2.38. The Labute approximate surface area is 345 Å². The number of nitrogens with zero attached hydrogens (tertiary/aromatic N) is 3. The average Bonchev–Trinajstić information content (AvgIpc) is 3.26. The predicted molar refractivity (Wildman–Crippen MR) is 232 cm³/mol. The normalized spacial score (nSPS) is 11.1. The van der Waals surface area contributed by atoms with Gasteiger partial charge in [0.25, 0.3) is 0 Å². The first-order valence-corrected chi connectivity index (χ1v) is 19.1. The van der Waals surface area contributed by atoms with Crippen LogP contribution >= 0.6 is 0 Å². The third kappa shape index (κ3) is 8.95. The van der Waals surface area contributed by atoms with E-state index in [9.17, 15) is 5.26 Å². The van der Waals surface area contributed by atoms with E-state index in [1.54, 1.807) is 24.3 Å². The molecule has 0 aliphatic heterocycles. The van der Waals surface area contributed by atoms with Gasteiger partial charge in [-0.1, -0.05) is 88.4 Å². The van der Waals surface area contributed by atoms with Crippen LogP contribution in [0, 0.1) is 31.4 Å². The molecule has 0 atom stereocenters. The molecule has 288 valence electrons. The average molecular weight is 772 g/mol. The molecule has 0 saturated carbocycles. The summed E-state index contributed by atoms with van der Waals surface area (Å²) in [5, 5.41) is 9.35. The van der Waals surface area contributed by atoms with E-state index in [2.05, 4.69) is 79.9 Å². The minimum atomic E-state index is -0.285. The zero-order chi connectivity index (χ0) is 41.6. The Morgan fingerprint density at radius 1 is 0.407 bits per heavy atom. The Hall–Kier alpha value is -7.79. The Balaban J connectivity index is 0.928. The van der Waals surface area contributed by atoms with Crippen molar-refractivity contribution in [3.8, 4) is 52.1 Å². The fourth-order valence-corrected chi connectivity index (χ4v) is 6.75. The number of benzene rings is 7. The second kappa shape index (κ2) is 16.7. The van der Waals surface area contributed by atoms with Crippen molar-refractivity contribution in [1.29, 1.82) is 5.26 Å². The molecule has 0 aliphatic rings. The molecule has 0 amide bonds. The highest BCUT2D eigenvalue weighted by molar-refractivity contribution is 5.72. The van der Waals surface area contributed by atoms with Gasteiger partial charge >= 0.3 is 0 Å². The number of hydrogen-bond donors (Lipinski definition) is 0. The molecule has 0 aromatic heterocycles. The summed E-state index contributed by atoms with van der Waals surface area (Å²) >= 11 is 0. The first-order valence-electron chi connectivity index (χ1n) is 19.1. The van der Waals surface area contributed by atoms with Crippen molar-refractivity contribution in [2.45, 2.75) is 45.4 Å². The summed E-state index contributed by atoms with van der Waals surface area (Å²) in [6.07, 6.45) is 0. The molecule has 0 N–H and O–H groups in total. The minimum Gasteiger partial charge on any atom is -0.459 e. The van der Waals surface area contributed by atoms with Crippen molar-refractivity contribution in [3.63, 3.8) is 0 Å². The third-order valence-electron chi connectivity index (χ3n) is 10.6. The van der Waals surface area contributed by atoms with Crippen LogP contribution in [0.2, 0.25) is 0 Å². The van der Waals surface area contributed by atoms with E-state index in [0.717, 1.165) is 39.3 Å². The topological polar surface area (TPSA) is 69.4 Å². The number of rotatable bonds is 12. The van der Waals surface area contributed by atoms with Crippen molar-refractivity contribution < 1.29 is 18.9 Å². The van der Waals surface area contributed by atoms with Gasteiger partial charge in [0.15, 0.2) is 11.4 Å². The second-order valence-electron chi connectivity index (χ2n) is 15.2. The molecule has 7 aromatic carbocycles. The first kappa shape index (κ1) is 39.4. The summed E-state index contributed by atoms with van der Waals surface area (Å²) in [5.41, 5.74) is 6.11. The summed E-state index contributed by atoms with van der Waals surface area (Å²) in [5.74, 6) is 5.38. The van der Waals surface area contributed by atoms with Gasteiger partial charge in [-0.2, -0.15) is 5.26 Å². The largest absolute Gasteiger partial charge is 0.459 e. The van der Waals surface area contributed by atoms with Crippen molar-refractivity contribution >= 4 is 11.4 Å². The van der Waals surface area contributed by atoms with Crippen LogP contribution in [0.5, 0.6) is 46.0 Å². The number of nitriles is 1. The maximum absolute atomic E-state index is 9.35. The third-order valence-corrected chi connectivity index (χ3v) is 10.6. The highest BCUT2D eigenvalue weighted by Gasteiger charge is 2.25. The van der Waals surface area contributed by atoms with E-state index in [-0.39, 0.29) is 16.5 Å². The molecular formula is C52H41N3O4. The maximum atomic E-state index is 9.35. The van der Waals surface area contributed by atoms with Crippen molar-refractivity contribution in [2.24, 2.45) is 0 Å². The van der Waals surface area contributed by atoms with Crippen LogP contribution in [-0.4, -0.2) is 0 Å². The van der Waals surface area contributed by atoms with Crippen LogP contribution in [0.25, 0.3) is 9.69 Å². The van der Waals surface area contributed by atoms with Gasteiger partial charge in [0.05, 0.1) is 24.8 Å². The summed E-state index contributed by atoms with van der Waals surface area (Å²) in [6.45, 7) is 25.2. The summed E-state index contributed by atoms with van der Waals surface area (Å²) < 4.78 is 24.4. The number of ether oxygens (including phenoxy) is 4. The molecule has 0 radical (unpaired) electrons. The lowest BCUT2D eigenvalue weighted by Crippen LogP contribution is -2.18. The van der Waals surface area contributed by atoms with Gasteiger partial charge in [-0.3, -0.25) is 4.85 Å². The zero-order valence-corrected chi connectivity index (χ0v) is 33.5. The molecule has 0 saturated heterocycles. The summed E-state index contributed by atoms with van der Waals surface area (Å²) in [4.78, 5) is 6.82.